The van der Waals surface area contributed by atoms with E-state index in [4.69, 9.17) is 11.6 Å². The minimum atomic E-state index is 0.183. The molecule has 1 amide bonds. The van der Waals surface area contributed by atoms with E-state index in [-0.39, 0.29) is 5.91 Å². The average molecular weight is 280 g/mol. The van der Waals surface area contributed by atoms with Crippen molar-refractivity contribution in [3.63, 3.8) is 0 Å². The zero-order chi connectivity index (χ0) is 13.5. The van der Waals surface area contributed by atoms with Crippen molar-refractivity contribution in [3.05, 3.63) is 35.4 Å². The van der Waals surface area contributed by atoms with Crippen LogP contribution in [0, 0.1) is 5.92 Å². The van der Waals surface area contributed by atoms with Crippen LogP contribution in [0.3, 0.4) is 0 Å². The van der Waals surface area contributed by atoms with Crippen molar-refractivity contribution in [2.24, 2.45) is 5.92 Å². The number of carbonyl (C=O) groups excluding carboxylic acids is 1. The molecule has 2 nitrogen and oxygen atoms in total. The lowest BCUT2D eigenvalue weighted by Gasteiger charge is -2.20. The molecule has 1 saturated carbocycles. The number of hydrogen-bond donors (Lipinski definition) is 1. The van der Waals surface area contributed by atoms with Gasteiger partial charge < -0.3 is 5.32 Å². The largest absolute Gasteiger partial charge is 0.352 e. The van der Waals surface area contributed by atoms with Gasteiger partial charge in [-0.1, -0.05) is 43.5 Å². The Bertz CT molecular complexity index is 413. The van der Waals surface area contributed by atoms with Crippen LogP contribution in [0.25, 0.3) is 0 Å². The van der Waals surface area contributed by atoms with Crippen LogP contribution in [-0.2, 0) is 17.2 Å². The maximum absolute atomic E-state index is 11.9. The van der Waals surface area contributed by atoms with Crippen LogP contribution in [0.4, 0.5) is 0 Å². The summed E-state index contributed by atoms with van der Waals surface area (Å²) in [7, 11) is 0. The summed E-state index contributed by atoms with van der Waals surface area (Å²) in [6.07, 6.45) is 7.04. The highest BCUT2D eigenvalue weighted by Gasteiger charge is 2.16. The first kappa shape index (κ1) is 14.4. The molecule has 2 rings (SSSR count). The third-order valence-electron chi connectivity index (χ3n) is 3.83. The summed E-state index contributed by atoms with van der Waals surface area (Å²) in [6.45, 7) is 0.607. The van der Waals surface area contributed by atoms with E-state index in [9.17, 15) is 4.79 Å². The highest BCUT2D eigenvalue weighted by atomic mass is 35.5. The molecule has 1 aliphatic rings. The Hall–Kier alpha value is -1.02. The fraction of sp³-hybridized carbons (Fsp3) is 0.562. The number of nitrogens with one attached hydrogen (secondary N) is 1. The molecule has 0 heterocycles. The molecular weight excluding hydrogens is 258 g/mol. The third-order valence-corrected chi connectivity index (χ3v) is 4.14. The van der Waals surface area contributed by atoms with E-state index in [1.807, 2.05) is 24.3 Å². The monoisotopic (exact) mass is 279 g/mol. The number of alkyl halides is 1. The molecule has 3 heteroatoms. The first-order valence-corrected chi connectivity index (χ1v) is 7.72. The van der Waals surface area contributed by atoms with Gasteiger partial charge in [0.15, 0.2) is 0 Å². The van der Waals surface area contributed by atoms with Crippen molar-refractivity contribution in [2.75, 3.05) is 0 Å². The summed E-state index contributed by atoms with van der Waals surface area (Å²) in [6, 6.07) is 8.06. The van der Waals surface area contributed by atoms with E-state index < -0.39 is 0 Å². The zero-order valence-electron chi connectivity index (χ0n) is 11.3. The smallest absolute Gasteiger partial charge is 0.220 e. The van der Waals surface area contributed by atoms with Gasteiger partial charge in [0.1, 0.15) is 0 Å². The van der Waals surface area contributed by atoms with Crippen molar-refractivity contribution in [3.8, 4) is 0 Å². The van der Waals surface area contributed by atoms with Gasteiger partial charge in [-0.15, -0.1) is 11.6 Å². The van der Waals surface area contributed by atoms with Crippen LogP contribution in [0.15, 0.2) is 24.3 Å². The summed E-state index contributed by atoms with van der Waals surface area (Å²) >= 11 is 5.80. The van der Waals surface area contributed by atoms with Crippen LogP contribution >= 0.6 is 11.6 Å². The third kappa shape index (κ3) is 4.87. The first-order valence-electron chi connectivity index (χ1n) is 7.18. The summed E-state index contributed by atoms with van der Waals surface area (Å²) in [5, 5.41) is 3.02. The van der Waals surface area contributed by atoms with Crippen LogP contribution in [0.5, 0.6) is 0 Å². The fourth-order valence-electron chi connectivity index (χ4n) is 2.75. The van der Waals surface area contributed by atoms with Crippen LogP contribution in [-0.4, -0.2) is 5.91 Å². The van der Waals surface area contributed by atoms with E-state index in [0.29, 0.717) is 24.8 Å². The molecule has 0 unspecified atom stereocenters. The maximum Gasteiger partial charge on any atom is 0.220 e. The second-order valence-corrected chi connectivity index (χ2v) is 5.71. The molecular formula is C16H22ClNO. The molecule has 19 heavy (non-hydrogen) atoms. The van der Waals surface area contributed by atoms with Crippen molar-refractivity contribution in [2.45, 2.75) is 50.9 Å². The van der Waals surface area contributed by atoms with E-state index in [0.717, 1.165) is 11.1 Å². The van der Waals surface area contributed by atoms with Gasteiger partial charge in [-0.05, 0) is 29.9 Å². The summed E-state index contributed by atoms with van der Waals surface area (Å²) in [5.41, 5.74) is 2.22. The summed E-state index contributed by atoms with van der Waals surface area (Å²) < 4.78 is 0. The quantitative estimate of drug-likeness (QED) is 0.811. The maximum atomic E-state index is 11.9. The van der Waals surface area contributed by atoms with Gasteiger partial charge in [-0.3, -0.25) is 4.79 Å². The van der Waals surface area contributed by atoms with Crippen molar-refractivity contribution in [1.82, 2.24) is 5.32 Å². The molecule has 1 aromatic rings. The lowest BCUT2D eigenvalue weighted by atomic mass is 9.87. The van der Waals surface area contributed by atoms with Crippen molar-refractivity contribution < 1.29 is 4.79 Å². The Morgan fingerprint density at radius 2 is 1.95 bits per heavy atom. The number of carbonyl (C=O) groups is 1. The number of amides is 1. The molecule has 0 aromatic heterocycles. The standard InChI is InChI=1S/C16H22ClNO/c17-11-14-7-4-8-15(9-14)12-18-16(19)10-13-5-2-1-3-6-13/h4,7-9,13H,1-3,5-6,10-12H2,(H,18,19). The average Bonchev–Trinajstić information content (AvgIpc) is 2.46. The topological polar surface area (TPSA) is 29.1 Å². The van der Waals surface area contributed by atoms with Gasteiger partial charge in [0.2, 0.25) is 5.91 Å². The predicted molar refractivity (Wildman–Crippen MR) is 79.0 cm³/mol. The first-order chi connectivity index (χ1) is 9.28. The second kappa shape index (κ2) is 7.54. The van der Waals surface area contributed by atoms with Crippen LogP contribution in [0.2, 0.25) is 0 Å². The van der Waals surface area contributed by atoms with Gasteiger partial charge in [0.05, 0.1) is 0 Å². The molecule has 0 radical (unpaired) electrons. The number of benzene rings is 1. The molecule has 1 aliphatic carbocycles. The minimum Gasteiger partial charge on any atom is -0.352 e. The molecule has 1 fully saturated rings. The molecule has 104 valence electrons. The minimum absolute atomic E-state index is 0.183. The van der Waals surface area contributed by atoms with E-state index in [1.54, 1.807) is 0 Å². The Balaban J connectivity index is 1.76. The summed E-state index contributed by atoms with van der Waals surface area (Å²) in [4.78, 5) is 11.9. The van der Waals surface area contributed by atoms with E-state index in [1.165, 1.54) is 32.1 Å². The molecule has 0 bridgehead atoms. The Morgan fingerprint density at radius 3 is 2.68 bits per heavy atom. The Labute approximate surface area is 120 Å². The number of hydrogen-bond acceptors (Lipinski definition) is 1. The molecule has 1 N–H and O–H groups in total. The molecule has 1 aromatic carbocycles. The number of halogens is 1. The van der Waals surface area contributed by atoms with Gasteiger partial charge in [0, 0.05) is 18.8 Å². The molecule has 0 atom stereocenters. The van der Waals surface area contributed by atoms with Crippen LogP contribution < -0.4 is 5.32 Å². The van der Waals surface area contributed by atoms with E-state index in [2.05, 4.69) is 5.32 Å². The summed E-state index contributed by atoms with van der Waals surface area (Å²) in [5.74, 6) is 1.30. The van der Waals surface area contributed by atoms with Crippen molar-refractivity contribution >= 4 is 17.5 Å². The number of rotatable bonds is 5. The normalized spacial score (nSPS) is 16.3. The van der Waals surface area contributed by atoms with Gasteiger partial charge in [-0.25, -0.2) is 0 Å². The lowest BCUT2D eigenvalue weighted by molar-refractivity contribution is -0.122. The van der Waals surface area contributed by atoms with E-state index >= 15 is 0 Å². The highest BCUT2D eigenvalue weighted by Crippen LogP contribution is 2.26. The Morgan fingerprint density at radius 1 is 1.21 bits per heavy atom. The Kier molecular flexibility index (Phi) is 5.71. The van der Waals surface area contributed by atoms with Crippen molar-refractivity contribution in [1.29, 1.82) is 0 Å². The SMILES string of the molecule is O=C(CC1CCCCC1)NCc1cccc(CCl)c1. The van der Waals surface area contributed by atoms with Gasteiger partial charge in [-0.2, -0.15) is 0 Å². The highest BCUT2D eigenvalue weighted by molar-refractivity contribution is 6.17. The van der Waals surface area contributed by atoms with Gasteiger partial charge >= 0.3 is 0 Å². The van der Waals surface area contributed by atoms with Gasteiger partial charge in [0.25, 0.3) is 0 Å². The molecule has 0 spiro atoms. The predicted octanol–water partition coefficient (Wildman–Crippen LogP) is 4.01. The fourth-order valence-corrected chi connectivity index (χ4v) is 2.92. The molecule has 0 saturated heterocycles. The molecule has 0 aliphatic heterocycles. The van der Waals surface area contributed by atoms with Crippen LogP contribution in [0.1, 0.15) is 49.7 Å². The zero-order valence-corrected chi connectivity index (χ0v) is 12.1. The lowest BCUT2D eigenvalue weighted by Crippen LogP contribution is -2.25. The second-order valence-electron chi connectivity index (χ2n) is 5.44.